The van der Waals surface area contributed by atoms with E-state index in [0.717, 1.165) is 6.07 Å². The standard InChI is InChI=1S/C13H14ClF2N3O/c14-4-3-12-18-13-9(16)6-8(15)7-10(13)19(12)5-1-2-11(17)20/h6-7H,1-5H2,(H2,17,20). The Bertz CT molecular complexity index is 642. The van der Waals surface area contributed by atoms with E-state index in [1.807, 2.05) is 0 Å². The van der Waals surface area contributed by atoms with Crippen LogP contribution >= 0.6 is 11.6 Å². The van der Waals surface area contributed by atoms with Gasteiger partial charge >= 0.3 is 0 Å². The Morgan fingerprint density at radius 3 is 2.80 bits per heavy atom. The maximum Gasteiger partial charge on any atom is 0.217 e. The molecule has 1 heterocycles. The molecule has 2 aromatic rings. The van der Waals surface area contributed by atoms with Gasteiger partial charge in [-0.3, -0.25) is 4.79 Å². The molecule has 0 aliphatic rings. The first-order valence-corrected chi connectivity index (χ1v) is 6.75. The third kappa shape index (κ3) is 3.07. The zero-order valence-corrected chi connectivity index (χ0v) is 11.5. The van der Waals surface area contributed by atoms with Gasteiger partial charge in [-0.1, -0.05) is 0 Å². The number of fused-ring (bicyclic) bond motifs is 1. The van der Waals surface area contributed by atoms with E-state index in [0.29, 0.717) is 36.6 Å². The minimum absolute atomic E-state index is 0.116. The summed E-state index contributed by atoms with van der Waals surface area (Å²) in [5.41, 5.74) is 5.57. The number of alkyl halides is 1. The predicted molar refractivity (Wildman–Crippen MR) is 72.5 cm³/mol. The van der Waals surface area contributed by atoms with Crippen molar-refractivity contribution in [1.82, 2.24) is 9.55 Å². The van der Waals surface area contributed by atoms with E-state index in [-0.39, 0.29) is 11.9 Å². The third-order valence-corrected chi connectivity index (χ3v) is 3.16. The fourth-order valence-electron chi connectivity index (χ4n) is 2.13. The van der Waals surface area contributed by atoms with Gasteiger partial charge < -0.3 is 10.3 Å². The zero-order chi connectivity index (χ0) is 14.7. The summed E-state index contributed by atoms with van der Waals surface area (Å²) in [6, 6.07) is 2.03. The monoisotopic (exact) mass is 301 g/mol. The number of nitrogens with zero attached hydrogens (tertiary/aromatic N) is 2. The first kappa shape index (κ1) is 14.7. The number of hydrogen-bond donors (Lipinski definition) is 1. The molecule has 0 saturated heterocycles. The molecule has 0 atom stereocenters. The molecule has 0 aliphatic carbocycles. The maximum absolute atomic E-state index is 13.7. The van der Waals surface area contributed by atoms with Crippen LogP contribution in [0.2, 0.25) is 0 Å². The number of carbonyl (C=O) groups is 1. The lowest BCUT2D eigenvalue weighted by Gasteiger charge is -2.07. The van der Waals surface area contributed by atoms with Gasteiger partial charge in [-0.15, -0.1) is 11.6 Å². The topological polar surface area (TPSA) is 60.9 Å². The Balaban J connectivity index is 2.42. The van der Waals surface area contributed by atoms with Crippen LogP contribution in [0.3, 0.4) is 0 Å². The highest BCUT2D eigenvalue weighted by Crippen LogP contribution is 2.22. The number of halogens is 3. The molecule has 0 bridgehead atoms. The van der Waals surface area contributed by atoms with Crippen molar-refractivity contribution in [3.05, 3.63) is 29.6 Å². The normalized spacial score (nSPS) is 11.2. The third-order valence-electron chi connectivity index (χ3n) is 2.97. The highest BCUT2D eigenvalue weighted by molar-refractivity contribution is 6.17. The van der Waals surface area contributed by atoms with Crippen molar-refractivity contribution in [3.8, 4) is 0 Å². The number of primary amides is 1. The highest BCUT2D eigenvalue weighted by atomic mass is 35.5. The second kappa shape index (κ2) is 6.17. The van der Waals surface area contributed by atoms with Gasteiger partial charge in [0.05, 0.1) is 5.52 Å². The lowest BCUT2D eigenvalue weighted by molar-refractivity contribution is -0.118. The number of amides is 1. The molecule has 2 rings (SSSR count). The van der Waals surface area contributed by atoms with Gasteiger partial charge in [-0.25, -0.2) is 13.8 Å². The minimum Gasteiger partial charge on any atom is -0.370 e. The van der Waals surface area contributed by atoms with Crippen molar-refractivity contribution >= 4 is 28.5 Å². The second-order valence-corrected chi connectivity index (χ2v) is 4.82. The van der Waals surface area contributed by atoms with Crippen molar-refractivity contribution in [2.24, 2.45) is 5.73 Å². The quantitative estimate of drug-likeness (QED) is 0.833. The van der Waals surface area contributed by atoms with Crippen LogP contribution < -0.4 is 5.73 Å². The first-order chi connectivity index (χ1) is 9.52. The van der Waals surface area contributed by atoms with E-state index >= 15 is 0 Å². The van der Waals surface area contributed by atoms with Gasteiger partial charge in [0, 0.05) is 31.3 Å². The molecule has 0 fully saturated rings. The molecule has 2 N–H and O–H groups in total. The second-order valence-electron chi connectivity index (χ2n) is 4.44. The molecule has 0 aliphatic heterocycles. The summed E-state index contributed by atoms with van der Waals surface area (Å²) in [7, 11) is 0. The molecular weight excluding hydrogens is 288 g/mol. The van der Waals surface area contributed by atoms with Crippen molar-refractivity contribution in [3.63, 3.8) is 0 Å². The molecule has 0 spiro atoms. The largest absolute Gasteiger partial charge is 0.370 e. The average Bonchev–Trinajstić information content (AvgIpc) is 2.68. The van der Waals surface area contributed by atoms with Crippen molar-refractivity contribution < 1.29 is 13.6 Å². The summed E-state index contributed by atoms with van der Waals surface area (Å²) >= 11 is 5.70. The van der Waals surface area contributed by atoms with Gasteiger partial charge in [0.25, 0.3) is 0 Å². The summed E-state index contributed by atoms with van der Waals surface area (Å²) in [6.45, 7) is 0.411. The van der Waals surface area contributed by atoms with Crippen LogP contribution in [0.15, 0.2) is 12.1 Å². The van der Waals surface area contributed by atoms with E-state index in [9.17, 15) is 13.6 Å². The van der Waals surface area contributed by atoms with Gasteiger partial charge in [-0.05, 0) is 12.5 Å². The predicted octanol–water partition coefficient (Wildman–Crippen LogP) is 2.36. The number of benzene rings is 1. The molecular formula is C13H14ClF2N3O. The Hall–Kier alpha value is -1.69. The van der Waals surface area contributed by atoms with Crippen molar-refractivity contribution in [2.75, 3.05) is 5.88 Å². The zero-order valence-electron chi connectivity index (χ0n) is 10.7. The van der Waals surface area contributed by atoms with Crippen molar-refractivity contribution in [1.29, 1.82) is 0 Å². The van der Waals surface area contributed by atoms with E-state index in [2.05, 4.69) is 4.98 Å². The lowest BCUT2D eigenvalue weighted by Crippen LogP contribution is -2.12. The number of imidazole rings is 1. The van der Waals surface area contributed by atoms with Crippen LogP contribution in [0.5, 0.6) is 0 Å². The van der Waals surface area contributed by atoms with Gasteiger partial charge in [0.1, 0.15) is 17.2 Å². The molecule has 20 heavy (non-hydrogen) atoms. The number of hydrogen-bond acceptors (Lipinski definition) is 2. The van der Waals surface area contributed by atoms with E-state index < -0.39 is 17.5 Å². The van der Waals surface area contributed by atoms with Crippen LogP contribution in [0.4, 0.5) is 8.78 Å². The Kier molecular flexibility index (Phi) is 4.54. The van der Waals surface area contributed by atoms with E-state index in [4.69, 9.17) is 17.3 Å². The smallest absolute Gasteiger partial charge is 0.217 e. The van der Waals surface area contributed by atoms with Crippen LogP contribution in [0.1, 0.15) is 18.7 Å². The number of rotatable bonds is 6. The number of nitrogens with two attached hydrogens (primary N) is 1. The molecule has 1 aromatic carbocycles. The Labute approximate surface area is 119 Å². The van der Waals surface area contributed by atoms with Crippen LogP contribution in [0.25, 0.3) is 11.0 Å². The maximum atomic E-state index is 13.7. The molecule has 7 heteroatoms. The van der Waals surface area contributed by atoms with Gasteiger partial charge in [0.2, 0.25) is 5.91 Å². The van der Waals surface area contributed by atoms with Crippen LogP contribution in [-0.4, -0.2) is 21.3 Å². The minimum atomic E-state index is -0.704. The van der Waals surface area contributed by atoms with Gasteiger partial charge in [-0.2, -0.15) is 0 Å². The molecule has 0 unspecified atom stereocenters. The molecule has 108 valence electrons. The molecule has 4 nitrogen and oxygen atoms in total. The fraction of sp³-hybridized carbons (Fsp3) is 0.385. The number of carbonyl (C=O) groups excluding carboxylic acids is 1. The van der Waals surface area contributed by atoms with Crippen molar-refractivity contribution in [2.45, 2.75) is 25.8 Å². The summed E-state index contributed by atoms with van der Waals surface area (Å²) in [5, 5.41) is 0. The molecule has 1 amide bonds. The average molecular weight is 302 g/mol. The van der Waals surface area contributed by atoms with E-state index in [1.54, 1.807) is 4.57 Å². The van der Waals surface area contributed by atoms with Crippen LogP contribution in [-0.2, 0) is 17.8 Å². The lowest BCUT2D eigenvalue weighted by atomic mass is 10.2. The molecule has 0 saturated carbocycles. The molecule has 1 aromatic heterocycles. The summed E-state index contributed by atoms with van der Waals surface area (Å²) < 4.78 is 28.7. The van der Waals surface area contributed by atoms with Gasteiger partial charge in [0.15, 0.2) is 5.82 Å². The number of aromatic nitrogens is 2. The SMILES string of the molecule is NC(=O)CCCn1c(CCCl)nc2c(F)cc(F)cc21. The summed E-state index contributed by atoms with van der Waals surface area (Å²) in [5.74, 6) is -0.883. The van der Waals surface area contributed by atoms with E-state index in [1.165, 1.54) is 6.07 Å². The fourth-order valence-corrected chi connectivity index (χ4v) is 2.30. The highest BCUT2D eigenvalue weighted by Gasteiger charge is 2.15. The molecule has 0 radical (unpaired) electrons. The number of aryl methyl sites for hydroxylation is 2. The first-order valence-electron chi connectivity index (χ1n) is 6.21. The summed E-state index contributed by atoms with van der Waals surface area (Å²) in [6.07, 6.45) is 1.12. The Morgan fingerprint density at radius 2 is 2.15 bits per heavy atom. The van der Waals surface area contributed by atoms with Crippen LogP contribution in [0, 0.1) is 11.6 Å². The summed E-state index contributed by atoms with van der Waals surface area (Å²) in [4.78, 5) is 14.9. The Morgan fingerprint density at radius 1 is 1.40 bits per heavy atom.